The quantitative estimate of drug-likeness (QED) is 0.170. The number of hydrogen-bond acceptors (Lipinski definition) is 0. The molecule has 0 aliphatic heterocycles. The van der Waals surface area contributed by atoms with E-state index < -0.39 is 0 Å². The van der Waals surface area contributed by atoms with E-state index in [1.807, 2.05) is 109 Å². The zero-order valence-electron chi connectivity index (χ0n) is 26.8. The Morgan fingerprint density at radius 2 is 0.304 bits per heavy atom. The summed E-state index contributed by atoms with van der Waals surface area (Å²) in [5.74, 6) is 0. The van der Waals surface area contributed by atoms with Gasteiger partial charge in [0.25, 0.3) is 0 Å². The largest absolute Gasteiger partial charge is 0.273 e. The molecule has 1 radical (unpaired) electrons. The molecule has 0 unspecified atom stereocenters. The van der Waals surface area contributed by atoms with Gasteiger partial charge in [0.15, 0.2) is 0 Å². The first-order chi connectivity index (χ1) is 22.5. The van der Waals surface area contributed by atoms with Crippen LogP contribution in [0.3, 0.4) is 0 Å². The summed E-state index contributed by atoms with van der Waals surface area (Å²) < 4.78 is 0. The third kappa shape index (κ3) is 36.3. The molecule has 9 aliphatic rings. The summed E-state index contributed by atoms with van der Waals surface area (Å²) in [5.41, 5.74) is 0. The maximum atomic E-state index is 2.99. The Labute approximate surface area is 297 Å². The molecule has 0 aromatic carbocycles. The van der Waals surface area contributed by atoms with Crippen molar-refractivity contribution in [2.24, 2.45) is 0 Å². The molecule has 0 saturated carbocycles. The van der Waals surface area contributed by atoms with Crippen LogP contribution in [0.5, 0.6) is 0 Å². The summed E-state index contributed by atoms with van der Waals surface area (Å²) in [6.45, 7) is 0. The van der Waals surface area contributed by atoms with E-state index in [1.165, 1.54) is 0 Å². The van der Waals surface area contributed by atoms with Crippen LogP contribution in [0.25, 0.3) is 0 Å². The molecule has 0 nitrogen and oxygen atoms in total. The maximum Gasteiger partial charge on any atom is 0 e. The first kappa shape index (κ1) is 42.1. The van der Waals surface area contributed by atoms with Crippen molar-refractivity contribution in [3.05, 3.63) is 219 Å². The van der Waals surface area contributed by atoms with Gasteiger partial charge in [-0.1, -0.05) is 0 Å². The molecule has 0 heterocycles. The van der Waals surface area contributed by atoms with Crippen LogP contribution in [0.4, 0.5) is 0 Å². The second-order valence-electron chi connectivity index (χ2n) is 9.03. The van der Waals surface area contributed by atoms with Gasteiger partial charge in [-0.3, -0.25) is 54.7 Å². The van der Waals surface area contributed by atoms with E-state index in [4.69, 9.17) is 0 Å². The van der Waals surface area contributed by atoms with Crippen LogP contribution in [0, 0.1) is 54.7 Å². The molecule has 1 heteroatoms. The Balaban J connectivity index is 0.000000494. The summed E-state index contributed by atoms with van der Waals surface area (Å²) >= 11 is 0. The standard InChI is InChI=1S/9C5H5.Au/c9*1-2-4-5-3-1;/h9*1-3H,4H2;/q9*-1;. The monoisotopic (exact) mass is 782 g/mol. The fourth-order valence-corrected chi connectivity index (χ4v) is 3.06. The number of rotatable bonds is 0. The molecule has 0 N–H and O–H groups in total. The van der Waals surface area contributed by atoms with Crippen LogP contribution in [-0.4, -0.2) is 0 Å². The van der Waals surface area contributed by atoms with E-state index in [0.717, 1.165) is 57.8 Å². The summed E-state index contributed by atoms with van der Waals surface area (Å²) in [5, 5.41) is 0. The van der Waals surface area contributed by atoms with E-state index >= 15 is 0 Å². The molecular formula is C45H45Au-9. The SMILES string of the molecule is [Au].[C-]1=CC=CC1.[C-]1=CC=CC1.[C-]1=CC=CC1.[C-]1=CC=CC1.[C-]1=CC=CC1.[C-]1=CC=CC1.[C-]1=CC=CC1.[C-]1=CC=CC1.[C-]1=CC=CC1. The predicted octanol–water partition coefficient (Wildman–Crippen LogP) is 11.7. The fraction of sp³-hybridized carbons (Fsp3) is 0.200. The van der Waals surface area contributed by atoms with Gasteiger partial charge in [0.1, 0.15) is 0 Å². The normalized spacial score (nSPS) is 17.2. The summed E-state index contributed by atoms with van der Waals surface area (Å²) in [4.78, 5) is 0. The summed E-state index contributed by atoms with van der Waals surface area (Å²) in [7, 11) is 0. The smallest absolute Gasteiger partial charge is 0 e. The third-order valence-electron chi connectivity index (χ3n) is 5.27. The van der Waals surface area contributed by atoms with Crippen LogP contribution < -0.4 is 0 Å². The van der Waals surface area contributed by atoms with Crippen LogP contribution in [0.15, 0.2) is 164 Å². The van der Waals surface area contributed by atoms with Crippen LogP contribution in [0.1, 0.15) is 57.8 Å². The Morgan fingerprint density at radius 1 is 0.196 bits per heavy atom. The van der Waals surface area contributed by atoms with E-state index in [-0.39, 0.29) is 22.4 Å². The molecule has 9 aliphatic carbocycles. The Kier molecular flexibility index (Phi) is 35.7. The molecule has 0 amide bonds. The van der Waals surface area contributed by atoms with Crippen molar-refractivity contribution in [1.29, 1.82) is 0 Å². The Bertz CT molecular complexity index is 844. The van der Waals surface area contributed by atoms with E-state index in [2.05, 4.69) is 109 Å². The molecule has 0 atom stereocenters. The first-order valence-corrected chi connectivity index (χ1v) is 15.5. The third-order valence-corrected chi connectivity index (χ3v) is 5.27. The van der Waals surface area contributed by atoms with Gasteiger partial charge in [-0.2, -0.15) is 54.7 Å². The van der Waals surface area contributed by atoms with Crippen molar-refractivity contribution in [2.75, 3.05) is 0 Å². The summed E-state index contributed by atoms with van der Waals surface area (Å²) in [6.07, 6.45) is 90.0. The van der Waals surface area contributed by atoms with Crippen LogP contribution in [-0.2, 0) is 22.4 Å². The molecule has 46 heavy (non-hydrogen) atoms. The molecule has 0 bridgehead atoms. The van der Waals surface area contributed by atoms with Crippen molar-refractivity contribution in [3.63, 3.8) is 0 Å². The second kappa shape index (κ2) is 39.1. The Hall–Kier alpha value is -3.94. The molecule has 0 saturated heterocycles. The van der Waals surface area contributed by atoms with E-state index in [1.54, 1.807) is 0 Å². The maximum absolute atomic E-state index is 2.99. The average Bonchev–Trinajstić information content (AvgIpc) is 4.02. The van der Waals surface area contributed by atoms with Gasteiger partial charge in [0.2, 0.25) is 0 Å². The van der Waals surface area contributed by atoms with Crippen molar-refractivity contribution < 1.29 is 22.4 Å². The van der Waals surface area contributed by atoms with Gasteiger partial charge in [-0.25, -0.2) is 109 Å². The molecule has 0 aromatic heterocycles. The van der Waals surface area contributed by atoms with Crippen molar-refractivity contribution >= 4 is 0 Å². The molecule has 0 aromatic rings. The molecule has 0 spiro atoms. The fourth-order valence-electron chi connectivity index (χ4n) is 3.06. The Morgan fingerprint density at radius 3 is 0.326 bits per heavy atom. The topological polar surface area (TPSA) is 0 Å². The van der Waals surface area contributed by atoms with Crippen molar-refractivity contribution in [3.8, 4) is 0 Å². The van der Waals surface area contributed by atoms with E-state index in [9.17, 15) is 0 Å². The van der Waals surface area contributed by atoms with Crippen LogP contribution in [0.2, 0.25) is 0 Å². The zero-order valence-corrected chi connectivity index (χ0v) is 28.9. The zero-order chi connectivity index (χ0) is 31.8. The number of allylic oxidation sites excluding steroid dienone is 36. The predicted molar refractivity (Wildman–Crippen MR) is 194 cm³/mol. The summed E-state index contributed by atoms with van der Waals surface area (Å²) in [6, 6.07) is 0. The second-order valence-corrected chi connectivity index (χ2v) is 9.03. The van der Waals surface area contributed by atoms with Gasteiger partial charge in [-0.15, -0.1) is 57.8 Å². The number of hydrogen-bond donors (Lipinski definition) is 0. The molecule has 245 valence electrons. The molecular weight excluding hydrogens is 737 g/mol. The molecule has 9 rings (SSSR count). The average molecular weight is 783 g/mol. The van der Waals surface area contributed by atoms with Gasteiger partial charge >= 0.3 is 0 Å². The van der Waals surface area contributed by atoms with Gasteiger partial charge in [0.05, 0.1) is 0 Å². The minimum atomic E-state index is 0. The minimum Gasteiger partial charge on any atom is -0.273 e. The van der Waals surface area contributed by atoms with Gasteiger partial charge in [-0.05, 0) is 0 Å². The van der Waals surface area contributed by atoms with Gasteiger partial charge < -0.3 is 0 Å². The van der Waals surface area contributed by atoms with Crippen molar-refractivity contribution in [2.45, 2.75) is 57.8 Å². The first-order valence-electron chi connectivity index (χ1n) is 15.5. The van der Waals surface area contributed by atoms with Gasteiger partial charge in [0, 0.05) is 22.4 Å². The van der Waals surface area contributed by atoms with Crippen molar-refractivity contribution in [1.82, 2.24) is 0 Å². The van der Waals surface area contributed by atoms with Crippen LogP contribution >= 0.6 is 0 Å². The molecule has 0 fully saturated rings. The minimum absolute atomic E-state index is 0. The van der Waals surface area contributed by atoms with E-state index in [0.29, 0.717) is 0 Å².